The summed E-state index contributed by atoms with van der Waals surface area (Å²) in [6, 6.07) is 10.6. The number of rotatable bonds is 4. The summed E-state index contributed by atoms with van der Waals surface area (Å²) in [5, 5.41) is 13.9. The van der Waals surface area contributed by atoms with E-state index in [0.29, 0.717) is 21.7 Å². The molecule has 3 aromatic heterocycles. The largest absolute Gasteiger partial charge is 0.478 e. The van der Waals surface area contributed by atoms with Crippen LogP contribution in [0.4, 0.5) is 5.69 Å². The third-order valence-corrected chi connectivity index (χ3v) is 5.40. The fourth-order valence-corrected chi connectivity index (χ4v) is 3.90. The molecule has 1 amide bonds. The van der Waals surface area contributed by atoms with E-state index in [-0.39, 0.29) is 11.3 Å². The fraction of sp³-hybridized carbons (Fsp3) is 0. The summed E-state index contributed by atoms with van der Waals surface area (Å²) in [6.45, 7) is 0. The molecule has 4 aromatic rings. The molecule has 26 heavy (non-hydrogen) atoms. The molecule has 3 N–H and O–H groups in total. The van der Waals surface area contributed by atoms with Crippen LogP contribution in [-0.2, 0) is 0 Å². The summed E-state index contributed by atoms with van der Waals surface area (Å²) in [5.41, 5.74) is 2.67. The van der Waals surface area contributed by atoms with Gasteiger partial charge in [-0.3, -0.25) is 4.79 Å². The van der Waals surface area contributed by atoms with Gasteiger partial charge in [-0.05, 0) is 17.7 Å². The van der Waals surface area contributed by atoms with Gasteiger partial charge in [0.15, 0.2) is 5.58 Å². The average Bonchev–Trinajstić information content (AvgIpc) is 3.29. The molecule has 0 radical (unpaired) electrons. The van der Waals surface area contributed by atoms with E-state index in [1.807, 2.05) is 24.3 Å². The molecule has 3 heterocycles. The number of anilines is 1. The van der Waals surface area contributed by atoms with Crippen molar-refractivity contribution in [3.05, 3.63) is 63.8 Å². The molecule has 0 aliphatic carbocycles. The second-order valence-corrected chi connectivity index (χ2v) is 7.30. The summed E-state index contributed by atoms with van der Waals surface area (Å²) >= 11 is 4.63. The van der Waals surface area contributed by atoms with Crippen LogP contribution in [0.3, 0.4) is 0 Å². The number of carbonyl (C=O) groups is 2. The Labute approximate surface area is 159 Å². The number of nitrogens with one attached hydrogen (secondary N) is 2. The van der Waals surface area contributed by atoms with Crippen LogP contribution in [0.1, 0.15) is 20.8 Å². The van der Waals surface area contributed by atoms with E-state index < -0.39 is 11.9 Å². The van der Waals surface area contributed by atoms with E-state index in [1.165, 1.54) is 17.6 Å². The lowest BCUT2D eigenvalue weighted by Crippen LogP contribution is -2.14. The van der Waals surface area contributed by atoms with Gasteiger partial charge in [0, 0.05) is 22.0 Å². The summed E-state index contributed by atoms with van der Waals surface area (Å²) in [5.74, 6) is -1.53. The van der Waals surface area contributed by atoms with Gasteiger partial charge < -0.3 is 19.8 Å². The van der Waals surface area contributed by atoms with Crippen molar-refractivity contribution in [3.8, 4) is 10.4 Å². The predicted molar refractivity (Wildman–Crippen MR) is 103 cm³/mol. The molecule has 0 saturated carbocycles. The van der Waals surface area contributed by atoms with Crippen molar-refractivity contribution in [2.24, 2.45) is 0 Å². The Hall–Kier alpha value is -2.84. The van der Waals surface area contributed by atoms with Crippen LogP contribution in [0.15, 0.2) is 56.9 Å². The van der Waals surface area contributed by atoms with Crippen molar-refractivity contribution in [1.82, 2.24) is 4.98 Å². The molecule has 8 heteroatoms. The van der Waals surface area contributed by atoms with Gasteiger partial charge in [-0.15, -0.1) is 11.3 Å². The highest BCUT2D eigenvalue weighted by molar-refractivity contribution is 9.10. The maximum absolute atomic E-state index is 12.5. The summed E-state index contributed by atoms with van der Waals surface area (Å²) in [7, 11) is 0. The SMILES string of the molecule is O=C(Nc1csc(-c2ccc(Br)cc2)c1C(=O)O)c1cc2occc2[nH]1. The number of aromatic nitrogens is 1. The molecule has 0 unspecified atom stereocenters. The third kappa shape index (κ3) is 2.93. The molecule has 0 bridgehead atoms. The van der Waals surface area contributed by atoms with E-state index in [0.717, 1.165) is 10.0 Å². The number of H-pyrrole nitrogens is 1. The minimum atomic E-state index is -1.10. The first-order valence-corrected chi connectivity index (χ1v) is 9.18. The monoisotopic (exact) mass is 430 g/mol. The minimum Gasteiger partial charge on any atom is -0.478 e. The van der Waals surface area contributed by atoms with Gasteiger partial charge >= 0.3 is 5.97 Å². The van der Waals surface area contributed by atoms with E-state index in [9.17, 15) is 14.7 Å². The van der Waals surface area contributed by atoms with Crippen molar-refractivity contribution in [3.63, 3.8) is 0 Å². The molecule has 1 aromatic carbocycles. The van der Waals surface area contributed by atoms with Gasteiger partial charge in [0.2, 0.25) is 0 Å². The molecule has 6 nitrogen and oxygen atoms in total. The van der Waals surface area contributed by atoms with E-state index in [4.69, 9.17) is 4.42 Å². The number of carboxylic acids is 1. The highest BCUT2D eigenvalue weighted by Gasteiger charge is 2.22. The zero-order valence-corrected chi connectivity index (χ0v) is 15.5. The molecule has 0 fully saturated rings. The molecule has 4 rings (SSSR count). The number of thiophene rings is 1. The van der Waals surface area contributed by atoms with Gasteiger partial charge in [0.25, 0.3) is 5.91 Å². The molecule has 0 saturated heterocycles. The minimum absolute atomic E-state index is 0.0703. The first-order chi connectivity index (χ1) is 12.5. The van der Waals surface area contributed by atoms with Crippen LogP contribution in [0, 0.1) is 0 Å². The summed E-state index contributed by atoms with van der Waals surface area (Å²) < 4.78 is 6.13. The normalized spacial score (nSPS) is 11.0. The lowest BCUT2D eigenvalue weighted by atomic mass is 10.1. The number of hydrogen-bond donors (Lipinski definition) is 3. The Morgan fingerprint density at radius 1 is 1.19 bits per heavy atom. The van der Waals surface area contributed by atoms with Crippen LogP contribution in [0.5, 0.6) is 0 Å². The van der Waals surface area contributed by atoms with Crippen LogP contribution in [-0.4, -0.2) is 22.0 Å². The van der Waals surface area contributed by atoms with E-state index in [2.05, 4.69) is 26.2 Å². The number of aromatic carboxylic acids is 1. The van der Waals surface area contributed by atoms with Gasteiger partial charge in [-0.25, -0.2) is 4.79 Å². The lowest BCUT2D eigenvalue weighted by Gasteiger charge is -2.05. The van der Waals surface area contributed by atoms with Crippen molar-refractivity contribution in [2.75, 3.05) is 5.32 Å². The van der Waals surface area contributed by atoms with Crippen LogP contribution in [0.25, 0.3) is 21.5 Å². The second-order valence-electron chi connectivity index (χ2n) is 5.50. The van der Waals surface area contributed by atoms with Gasteiger partial charge in [-0.2, -0.15) is 0 Å². The second kappa shape index (κ2) is 6.47. The average molecular weight is 431 g/mol. The van der Waals surface area contributed by atoms with Crippen molar-refractivity contribution in [1.29, 1.82) is 0 Å². The Morgan fingerprint density at radius 3 is 2.65 bits per heavy atom. The van der Waals surface area contributed by atoms with Crippen molar-refractivity contribution < 1.29 is 19.1 Å². The quantitative estimate of drug-likeness (QED) is 0.414. The number of aromatic amines is 1. The zero-order chi connectivity index (χ0) is 18.3. The zero-order valence-electron chi connectivity index (χ0n) is 13.1. The van der Waals surface area contributed by atoms with Gasteiger partial charge in [0.05, 0.1) is 22.3 Å². The third-order valence-electron chi connectivity index (χ3n) is 3.84. The van der Waals surface area contributed by atoms with Crippen LogP contribution >= 0.6 is 27.3 Å². The molecule has 0 spiro atoms. The molecule has 0 aliphatic heterocycles. The number of amides is 1. The van der Waals surface area contributed by atoms with Crippen LogP contribution < -0.4 is 5.32 Å². The highest BCUT2D eigenvalue weighted by atomic mass is 79.9. The molecule has 130 valence electrons. The number of fused-ring (bicyclic) bond motifs is 1. The fourth-order valence-electron chi connectivity index (χ4n) is 2.64. The standard InChI is InChI=1S/C18H11BrN2O4S/c19-10-3-1-9(2-4-10)16-15(18(23)24)13(8-26-16)21-17(22)12-7-14-11(20-12)5-6-25-14/h1-8,20H,(H,21,22)(H,23,24). The molecular weight excluding hydrogens is 420 g/mol. The Morgan fingerprint density at radius 2 is 1.96 bits per heavy atom. The number of hydrogen-bond acceptors (Lipinski definition) is 4. The van der Waals surface area contributed by atoms with Crippen molar-refractivity contribution >= 4 is 55.9 Å². The smallest absolute Gasteiger partial charge is 0.339 e. The maximum Gasteiger partial charge on any atom is 0.339 e. The van der Waals surface area contributed by atoms with E-state index >= 15 is 0 Å². The van der Waals surface area contributed by atoms with Gasteiger partial charge in [-0.1, -0.05) is 28.1 Å². The first-order valence-electron chi connectivity index (χ1n) is 7.51. The van der Waals surface area contributed by atoms with Gasteiger partial charge in [0.1, 0.15) is 11.3 Å². The van der Waals surface area contributed by atoms with Crippen LogP contribution in [0.2, 0.25) is 0 Å². The Kier molecular flexibility index (Phi) is 4.14. The molecule has 0 atom stereocenters. The molecule has 0 aliphatic rings. The molecular formula is C18H11BrN2O4S. The summed E-state index contributed by atoms with van der Waals surface area (Å²) in [4.78, 5) is 27.8. The number of halogens is 1. The highest BCUT2D eigenvalue weighted by Crippen LogP contribution is 2.36. The Bertz CT molecular complexity index is 1100. The number of benzene rings is 1. The maximum atomic E-state index is 12.5. The van der Waals surface area contributed by atoms with Crippen molar-refractivity contribution in [2.45, 2.75) is 0 Å². The first kappa shape index (κ1) is 16.6. The number of carboxylic acid groups (broad SMARTS) is 1. The lowest BCUT2D eigenvalue weighted by molar-refractivity contribution is 0.0699. The topological polar surface area (TPSA) is 95.3 Å². The Balaban J connectivity index is 1.68. The summed E-state index contributed by atoms with van der Waals surface area (Å²) in [6.07, 6.45) is 1.52. The predicted octanol–water partition coefficient (Wildman–Crippen LogP) is 5.20. The number of furan rings is 1. The number of carbonyl (C=O) groups excluding carboxylic acids is 1. The van der Waals surface area contributed by atoms with E-state index in [1.54, 1.807) is 17.5 Å².